The summed E-state index contributed by atoms with van der Waals surface area (Å²) in [6.07, 6.45) is 7.13. The van der Waals surface area contributed by atoms with Crippen molar-refractivity contribution in [2.45, 2.75) is 51.4 Å². The molecule has 0 saturated carbocycles. The predicted octanol–water partition coefficient (Wildman–Crippen LogP) is 2.45. The van der Waals surface area contributed by atoms with Crippen LogP contribution in [-0.4, -0.2) is 26.2 Å². The molecule has 0 heterocycles. The monoisotopic (exact) mass is 230 g/mol. The van der Waals surface area contributed by atoms with E-state index in [0.717, 1.165) is 38.5 Å². The van der Waals surface area contributed by atoms with E-state index in [1.807, 2.05) is 0 Å². The minimum Gasteiger partial charge on any atom is -0.469 e. The number of carbonyl (C=O) groups is 2. The van der Waals surface area contributed by atoms with Gasteiger partial charge in [0.2, 0.25) is 0 Å². The summed E-state index contributed by atoms with van der Waals surface area (Å²) in [6.45, 7) is 0. The molecule has 4 heteroatoms. The van der Waals surface area contributed by atoms with Crippen LogP contribution in [-0.2, 0) is 19.1 Å². The highest BCUT2D eigenvalue weighted by Crippen LogP contribution is 2.09. The summed E-state index contributed by atoms with van der Waals surface area (Å²) in [4.78, 5) is 21.6. The maximum absolute atomic E-state index is 10.8. The van der Waals surface area contributed by atoms with Crippen LogP contribution < -0.4 is 0 Å². The molecule has 0 bridgehead atoms. The van der Waals surface area contributed by atoms with Crippen LogP contribution in [0.4, 0.5) is 0 Å². The molecule has 0 aliphatic heterocycles. The maximum Gasteiger partial charge on any atom is 0.305 e. The number of esters is 2. The van der Waals surface area contributed by atoms with Crippen LogP contribution in [0.25, 0.3) is 0 Å². The predicted molar refractivity (Wildman–Crippen MR) is 61.0 cm³/mol. The standard InChI is InChI=1S/C12H22O4/c1-15-11(13)9-7-5-3-4-6-8-10-12(14)16-2/h3-10H2,1-2H3. The SMILES string of the molecule is COC(=O)CCCCCCCCC(=O)OC. The second-order valence-corrected chi connectivity index (χ2v) is 3.77. The third kappa shape index (κ3) is 9.49. The number of unbranched alkanes of at least 4 members (excludes halogenated alkanes) is 5. The van der Waals surface area contributed by atoms with Crippen LogP contribution in [0.15, 0.2) is 0 Å². The highest BCUT2D eigenvalue weighted by atomic mass is 16.5. The number of hydrogen-bond acceptors (Lipinski definition) is 4. The topological polar surface area (TPSA) is 52.6 Å². The van der Waals surface area contributed by atoms with Gasteiger partial charge in [0.1, 0.15) is 0 Å². The molecule has 0 aromatic heterocycles. The first-order valence-electron chi connectivity index (χ1n) is 5.84. The number of carbonyl (C=O) groups excluding carboxylic acids is 2. The van der Waals surface area contributed by atoms with Crippen molar-refractivity contribution in [2.75, 3.05) is 14.2 Å². The summed E-state index contributed by atoms with van der Waals surface area (Å²) in [6, 6.07) is 0. The van der Waals surface area contributed by atoms with E-state index >= 15 is 0 Å². The van der Waals surface area contributed by atoms with E-state index in [1.54, 1.807) is 0 Å². The Bertz CT molecular complexity index is 179. The average Bonchev–Trinajstić information content (AvgIpc) is 2.31. The zero-order chi connectivity index (χ0) is 12.2. The van der Waals surface area contributed by atoms with Crippen LogP contribution in [0.2, 0.25) is 0 Å². The van der Waals surface area contributed by atoms with E-state index in [0.29, 0.717) is 12.8 Å². The summed E-state index contributed by atoms with van der Waals surface area (Å²) < 4.78 is 9.09. The second kappa shape index (κ2) is 10.5. The molecule has 0 spiro atoms. The molecule has 4 nitrogen and oxygen atoms in total. The molecule has 0 aromatic rings. The summed E-state index contributed by atoms with van der Waals surface area (Å²) in [5, 5.41) is 0. The maximum atomic E-state index is 10.8. The molecule has 94 valence electrons. The molecule has 16 heavy (non-hydrogen) atoms. The molecule has 0 N–H and O–H groups in total. The normalized spacial score (nSPS) is 9.88. The first-order chi connectivity index (χ1) is 7.70. The van der Waals surface area contributed by atoms with Crippen molar-refractivity contribution >= 4 is 11.9 Å². The fourth-order valence-corrected chi connectivity index (χ4v) is 1.45. The van der Waals surface area contributed by atoms with Crippen LogP contribution >= 0.6 is 0 Å². The van der Waals surface area contributed by atoms with Gasteiger partial charge in [0.05, 0.1) is 14.2 Å². The van der Waals surface area contributed by atoms with Crippen molar-refractivity contribution in [1.29, 1.82) is 0 Å². The lowest BCUT2D eigenvalue weighted by atomic mass is 10.1. The molecular formula is C12H22O4. The van der Waals surface area contributed by atoms with Crippen molar-refractivity contribution in [2.24, 2.45) is 0 Å². The lowest BCUT2D eigenvalue weighted by molar-refractivity contribution is -0.141. The third-order valence-electron chi connectivity index (χ3n) is 2.47. The zero-order valence-electron chi connectivity index (χ0n) is 10.3. The molecule has 0 saturated heterocycles. The van der Waals surface area contributed by atoms with Crippen LogP contribution in [0.5, 0.6) is 0 Å². The first kappa shape index (κ1) is 14.9. The lowest BCUT2D eigenvalue weighted by Gasteiger charge is -2.01. The molecule has 0 aliphatic carbocycles. The Morgan fingerprint density at radius 1 is 0.688 bits per heavy atom. The quantitative estimate of drug-likeness (QED) is 0.451. The van der Waals surface area contributed by atoms with Gasteiger partial charge in [0.15, 0.2) is 0 Å². The van der Waals surface area contributed by atoms with E-state index in [1.165, 1.54) is 14.2 Å². The lowest BCUT2D eigenvalue weighted by Crippen LogP contribution is -1.99. The Morgan fingerprint density at radius 2 is 1.00 bits per heavy atom. The van der Waals surface area contributed by atoms with E-state index in [4.69, 9.17) is 0 Å². The smallest absolute Gasteiger partial charge is 0.305 e. The number of ether oxygens (including phenoxy) is 2. The second-order valence-electron chi connectivity index (χ2n) is 3.77. The van der Waals surface area contributed by atoms with Crippen molar-refractivity contribution < 1.29 is 19.1 Å². The first-order valence-corrected chi connectivity index (χ1v) is 5.84. The Labute approximate surface area is 97.3 Å². The summed E-state index contributed by atoms with van der Waals surface area (Å²) >= 11 is 0. The van der Waals surface area contributed by atoms with Gasteiger partial charge in [0.25, 0.3) is 0 Å². The summed E-state index contributed by atoms with van der Waals surface area (Å²) in [5.41, 5.74) is 0. The highest BCUT2D eigenvalue weighted by Gasteiger charge is 2.00. The number of hydrogen-bond donors (Lipinski definition) is 0. The van der Waals surface area contributed by atoms with Crippen molar-refractivity contribution in [1.82, 2.24) is 0 Å². The fraction of sp³-hybridized carbons (Fsp3) is 0.833. The van der Waals surface area contributed by atoms with Gasteiger partial charge in [-0.25, -0.2) is 0 Å². The summed E-state index contributed by atoms with van der Waals surface area (Å²) in [5.74, 6) is -0.267. The van der Waals surface area contributed by atoms with Crippen molar-refractivity contribution in [3.05, 3.63) is 0 Å². The largest absolute Gasteiger partial charge is 0.469 e. The molecule has 0 unspecified atom stereocenters. The minimum absolute atomic E-state index is 0.134. The molecule has 0 radical (unpaired) electrons. The van der Waals surface area contributed by atoms with Gasteiger partial charge in [-0.05, 0) is 12.8 Å². The van der Waals surface area contributed by atoms with E-state index in [-0.39, 0.29) is 11.9 Å². The van der Waals surface area contributed by atoms with Gasteiger partial charge in [0, 0.05) is 12.8 Å². The number of rotatable bonds is 9. The molecule has 0 aliphatic rings. The molecule has 0 amide bonds. The average molecular weight is 230 g/mol. The van der Waals surface area contributed by atoms with E-state index in [2.05, 4.69) is 9.47 Å². The van der Waals surface area contributed by atoms with Gasteiger partial charge < -0.3 is 9.47 Å². The molecule has 0 rings (SSSR count). The van der Waals surface area contributed by atoms with Gasteiger partial charge in [-0.2, -0.15) is 0 Å². The molecule has 0 fully saturated rings. The van der Waals surface area contributed by atoms with E-state index < -0.39 is 0 Å². The van der Waals surface area contributed by atoms with Crippen LogP contribution in [0.3, 0.4) is 0 Å². The Morgan fingerprint density at radius 3 is 1.31 bits per heavy atom. The summed E-state index contributed by atoms with van der Waals surface area (Å²) in [7, 11) is 2.82. The molecular weight excluding hydrogens is 208 g/mol. The Kier molecular flexibility index (Phi) is 9.76. The van der Waals surface area contributed by atoms with E-state index in [9.17, 15) is 9.59 Å². The fourth-order valence-electron chi connectivity index (χ4n) is 1.45. The van der Waals surface area contributed by atoms with Crippen LogP contribution in [0, 0.1) is 0 Å². The van der Waals surface area contributed by atoms with Crippen molar-refractivity contribution in [3.8, 4) is 0 Å². The minimum atomic E-state index is -0.134. The molecule has 0 aromatic carbocycles. The highest BCUT2D eigenvalue weighted by molar-refractivity contribution is 5.69. The van der Waals surface area contributed by atoms with Gasteiger partial charge in [-0.1, -0.05) is 25.7 Å². The Hall–Kier alpha value is -1.06. The third-order valence-corrected chi connectivity index (χ3v) is 2.47. The zero-order valence-corrected chi connectivity index (χ0v) is 10.3. The van der Waals surface area contributed by atoms with Crippen molar-refractivity contribution in [3.63, 3.8) is 0 Å². The van der Waals surface area contributed by atoms with Gasteiger partial charge >= 0.3 is 11.9 Å². The Balaban J connectivity index is 3.10. The molecule has 0 atom stereocenters. The van der Waals surface area contributed by atoms with Crippen LogP contribution in [0.1, 0.15) is 51.4 Å². The van der Waals surface area contributed by atoms with Gasteiger partial charge in [-0.3, -0.25) is 9.59 Å². The van der Waals surface area contributed by atoms with Gasteiger partial charge in [-0.15, -0.1) is 0 Å². The number of methoxy groups -OCH3 is 2.